The van der Waals surface area contributed by atoms with Crippen LogP contribution in [0.1, 0.15) is 69.3 Å². The molecule has 1 nitrogen and oxygen atoms in total. The summed E-state index contributed by atoms with van der Waals surface area (Å²) < 4.78 is 0. The molecule has 0 bridgehead atoms. The summed E-state index contributed by atoms with van der Waals surface area (Å²) in [5.41, 5.74) is 8.15. The van der Waals surface area contributed by atoms with Crippen LogP contribution in [0.15, 0.2) is 30.3 Å². The van der Waals surface area contributed by atoms with Crippen molar-refractivity contribution >= 4 is 0 Å². The Balaban J connectivity index is 1.51. The van der Waals surface area contributed by atoms with Crippen molar-refractivity contribution in [3.8, 4) is 0 Å². The smallest absolute Gasteiger partial charge is 0.0231 e. The normalized spacial score (nSPS) is 31.9. The molecule has 2 N–H and O–H groups in total. The van der Waals surface area contributed by atoms with E-state index < -0.39 is 0 Å². The molecule has 0 heterocycles. The van der Waals surface area contributed by atoms with E-state index in [1.807, 2.05) is 0 Å². The highest BCUT2D eigenvalue weighted by molar-refractivity contribution is 5.32. The van der Waals surface area contributed by atoms with Gasteiger partial charge < -0.3 is 5.73 Å². The van der Waals surface area contributed by atoms with Crippen molar-refractivity contribution in [1.82, 2.24) is 0 Å². The average Bonchev–Trinajstić information content (AvgIpc) is 3.17. The molecule has 104 valence electrons. The van der Waals surface area contributed by atoms with Crippen molar-refractivity contribution in [3.63, 3.8) is 0 Å². The van der Waals surface area contributed by atoms with Crippen molar-refractivity contribution in [1.29, 1.82) is 0 Å². The molecule has 2 saturated carbocycles. The molecule has 19 heavy (non-hydrogen) atoms. The summed E-state index contributed by atoms with van der Waals surface area (Å²) in [6, 6.07) is 10.9. The fraction of sp³-hybridized carbons (Fsp3) is 0.667. The summed E-state index contributed by atoms with van der Waals surface area (Å²) >= 11 is 0. The largest absolute Gasteiger partial charge is 0.325 e. The van der Waals surface area contributed by atoms with E-state index in [1.165, 1.54) is 63.4 Å². The molecule has 2 fully saturated rings. The van der Waals surface area contributed by atoms with Gasteiger partial charge in [-0.2, -0.15) is 0 Å². The van der Waals surface area contributed by atoms with Crippen molar-refractivity contribution in [2.45, 2.75) is 69.2 Å². The molecule has 1 aromatic rings. The van der Waals surface area contributed by atoms with Crippen molar-refractivity contribution < 1.29 is 0 Å². The third-order valence-corrected chi connectivity index (χ3v) is 5.31. The summed E-state index contributed by atoms with van der Waals surface area (Å²) in [6.45, 7) is 0. The van der Waals surface area contributed by atoms with Crippen LogP contribution in [-0.2, 0) is 0 Å². The van der Waals surface area contributed by atoms with Gasteiger partial charge in [0.1, 0.15) is 0 Å². The summed E-state index contributed by atoms with van der Waals surface area (Å²) in [4.78, 5) is 0. The second kappa shape index (κ2) is 5.66. The lowest BCUT2D eigenvalue weighted by molar-refractivity contribution is 0.387. The second-order valence-electron chi connectivity index (χ2n) is 6.80. The maximum Gasteiger partial charge on any atom is 0.0231 e. The molecule has 0 aliphatic heterocycles. The maximum absolute atomic E-state index is 6.58. The number of nitrogens with two attached hydrogens (primary N) is 1. The highest BCUT2D eigenvalue weighted by Crippen LogP contribution is 2.52. The van der Waals surface area contributed by atoms with Gasteiger partial charge >= 0.3 is 0 Å². The molecule has 0 aromatic heterocycles. The Hall–Kier alpha value is -0.820. The molecule has 0 spiro atoms. The van der Waals surface area contributed by atoms with Crippen LogP contribution in [0.3, 0.4) is 0 Å². The van der Waals surface area contributed by atoms with Gasteiger partial charge in [0.05, 0.1) is 0 Å². The number of rotatable bonds is 4. The molecule has 0 radical (unpaired) electrons. The summed E-state index contributed by atoms with van der Waals surface area (Å²) in [5.74, 6) is 1.58. The van der Waals surface area contributed by atoms with Crippen LogP contribution in [0.5, 0.6) is 0 Å². The second-order valence-corrected chi connectivity index (χ2v) is 6.80. The zero-order chi connectivity index (χ0) is 13.1. The molecule has 1 aromatic carbocycles. The Labute approximate surface area is 117 Å². The Morgan fingerprint density at radius 2 is 1.68 bits per heavy atom. The number of hydrogen-bond acceptors (Lipinski definition) is 1. The van der Waals surface area contributed by atoms with Gasteiger partial charge in [0, 0.05) is 11.5 Å². The zero-order valence-electron chi connectivity index (χ0n) is 12.0. The molecule has 1 heteroatoms. The summed E-state index contributed by atoms with van der Waals surface area (Å²) in [5, 5.41) is 0. The highest BCUT2D eigenvalue weighted by atomic mass is 14.9. The fourth-order valence-electron chi connectivity index (χ4n) is 3.86. The predicted octanol–water partition coefficient (Wildman–Crippen LogP) is 4.62. The Morgan fingerprint density at radius 1 is 1.00 bits per heavy atom. The van der Waals surface area contributed by atoms with Gasteiger partial charge in [-0.05, 0) is 30.7 Å². The zero-order valence-corrected chi connectivity index (χ0v) is 12.0. The molecule has 3 rings (SSSR count). The van der Waals surface area contributed by atoms with Crippen molar-refractivity contribution in [2.24, 2.45) is 11.7 Å². The monoisotopic (exact) mass is 257 g/mol. The van der Waals surface area contributed by atoms with Crippen LogP contribution in [0, 0.1) is 5.92 Å². The Kier molecular flexibility index (Phi) is 3.93. The van der Waals surface area contributed by atoms with Gasteiger partial charge in [-0.3, -0.25) is 0 Å². The van der Waals surface area contributed by atoms with E-state index in [0.717, 1.165) is 5.92 Å². The quantitative estimate of drug-likeness (QED) is 0.782. The molecule has 0 unspecified atom stereocenters. The van der Waals surface area contributed by atoms with Crippen LogP contribution in [0.4, 0.5) is 0 Å². The van der Waals surface area contributed by atoms with Gasteiger partial charge in [0.15, 0.2) is 0 Å². The van der Waals surface area contributed by atoms with E-state index >= 15 is 0 Å². The molecule has 2 atom stereocenters. The fourth-order valence-corrected chi connectivity index (χ4v) is 3.86. The van der Waals surface area contributed by atoms with Crippen LogP contribution < -0.4 is 5.73 Å². The molecular formula is C18H27N. The van der Waals surface area contributed by atoms with Crippen molar-refractivity contribution in [2.75, 3.05) is 0 Å². The SMILES string of the molecule is N[C@]1(CCC2CCCCCC2)C[C@@H]1c1ccccc1. The van der Waals surface area contributed by atoms with Crippen LogP contribution >= 0.6 is 0 Å². The standard InChI is InChI=1S/C18H27N/c19-18(13-12-15-8-4-1-2-5-9-15)14-17(18)16-10-6-3-7-11-16/h3,6-7,10-11,15,17H,1-2,4-5,8-9,12-14,19H2/t17-,18-/m1/s1. The van der Waals surface area contributed by atoms with Crippen LogP contribution in [0.25, 0.3) is 0 Å². The molecule has 0 amide bonds. The lowest BCUT2D eigenvalue weighted by Crippen LogP contribution is -2.25. The molecular weight excluding hydrogens is 230 g/mol. The first-order valence-corrected chi connectivity index (χ1v) is 8.12. The van der Waals surface area contributed by atoms with Gasteiger partial charge in [0.2, 0.25) is 0 Å². The number of hydrogen-bond donors (Lipinski definition) is 1. The minimum absolute atomic E-state index is 0.119. The lowest BCUT2D eigenvalue weighted by atomic mass is 9.91. The highest BCUT2D eigenvalue weighted by Gasteiger charge is 2.50. The van der Waals surface area contributed by atoms with Crippen LogP contribution in [0.2, 0.25) is 0 Å². The van der Waals surface area contributed by atoms with E-state index in [2.05, 4.69) is 30.3 Å². The molecule has 0 saturated heterocycles. The predicted molar refractivity (Wildman–Crippen MR) is 81.1 cm³/mol. The van der Waals surface area contributed by atoms with Crippen LogP contribution in [-0.4, -0.2) is 5.54 Å². The van der Waals surface area contributed by atoms with Crippen molar-refractivity contribution in [3.05, 3.63) is 35.9 Å². The van der Waals surface area contributed by atoms with Gasteiger partial charge in [-0.25, -0.2) is 0 Å². The third-order valence-electron chi connectivity index (χ3n) is 5.31. The van der Waals surface area contributed by atoms with Gasteiger partial charge in [-0.1, -0.05) is 68.9 Å². The topological polar surface area (TPSA) is 26.0 Å². The number of benzene rings is 1. The first kappa shape index (κ1) is 13.2. The summed E-state index contributed by atoms with van der Waals surface area (Å²) in [6.07, 6.45) is 12.5. The van der Waals surface area contributed by atoms with E-state index in [0.29, 0.717) is 5.92 Å². The van der Waals surface area contributed by atoms with Gasteiger partial charge in [-0.15, -0.1) is 0 Å². The maximum atomic E-state index is 6.58. The summed E-state index contributed by atoms with van der Waals surface area (Å²) in [7, 11) is 0. The van der Waals surface area contributed by atoms with E-state index in [4.69, 9.17) is 5.73 Å². The first-order valence-electron chi connectivity index (χ1n) is 8.12. The van der Waals surface area contributed by atoms with E-state index in [1.54, 1.807) is 0 Å². The van der Waals surface area contributed by atoms with E-state index in [9.17, 15) is 0 Å². The molecule has 2 aliphatic carbocycles. The first-order chi connectivity index (χ1) is 9.28. The van der Waals surface area contributed by atoms with E-state index in [-0.39, 0.29) is 5.54 Å². The minimum atomic E-state index is 0.119. The average molecular weight is 257 g/mol. The Morgan fingerprint density at radius 3 is 2.37 bits per heavy atom. The minimum Gasteiger partial charge on any atom is -0.325 e. The molecule has 2 aliphatic rings. The lowest BCUT2D eigenvalue weighted by Gasteiger charge is -2.18. The third kappa shape index (κ3) is 3.20. The Bertz CT molecular complexity index is 391. The van der Waals surface area contributed by atoms with Gasteiger partial charge in [0.25, 0.3) is 0 Å².